The predicted molar refractivity (Wildman–Crippen MR) is 67.3 cm³/mol. The van der Waals surface area contributed by atoms with Gasteiger partial charge in [-0.2, -0.15) is 0 Å². The molecule has 1 unspecified atom stereocenters. The van der Waals surface area contributed by atoms with E-state index in [1.807, 2.05) is 13.8 Å². The molecule has 1 aromatic heterocycles. The molecule has 1 amide bonds. The van der Waals surface area contributed by atoms with Crippen molar-refractivity contribution in [3.63, 3.8) is 0 Å². The molecule has 0 radical (unpaired) electrons. The lowest BCUT2D eigenvalue weighted by Crippen LogP contribution is -2.35. The van der Waals surface area contributed by atoms with E-state index in [0.717, 1.165) is 5.69 Å². The van der Waals surface area contributed by atoms with Gasteiger partial charge in [0.2, 0.25) is 0 Å². The molecule has 0 spiro atoms. The molecule has 1 rings (SSSR count). The second-order valence-electron chi connectivity index (χ2n) is 3.96. The Kier molecular flexibility index (Phi) is 4.90. The first-order valence-corrected chi connectivity index (χ1v) is 5.53. The van der Waals surface area contributed by atoms with Crippen LogP contribution >= 0.6 is 0 Å². The summed E-state index contributed by atoms with van der Waals surface area (Å²) in [5.74, 6) is 0.575. The number of nitrogens with one attached hydrogen (secondary N) is 2. The van der Waals surface area contributed by atoms with E-state index in [1.165, 1.54) is 0 Å². The molecule has 0 aliphatic heterocycles. The van der Waals surface area contributed by atoms with Gasteiger partial charge in [0.05, 0.1) is 6.61 Å². The number of amides is 1. The van der Waals surface area contributed by atoms with Crippen molar-refractivity contribution in [2.45, 2.75) is 19.9 Å². The number of carbonyl (C=O) groups is 1. The number of anilines is 1. The van der Waals surface area contributed by atoms with Crippen molar-refractivity contribution >= 4 is 11.7 Å². The summed E-state index contributed by atoms with van der Waals surface area (Å²) < 4.78 is 4.97. The Balaban J connectivity index is 2.78. The molecule has 1 aromatic rings. The van der Waals surface area contributed by atoms with Crippen molar-refractivity contribution in [2.24, 2.45) is 0 Å². The van der Waals surface area contributed by atoms with Crippen molar-refractivity contribution in [3.05, 3.63) is 23.4 Å². The van der Waals surface area contributed by atoms with Crippen LogP contribution < -0.4 is 10.6 Å². The van der Waals surface area contributed by atoms with E-state index in [2.05, 4.69) is 15.6 Å². The zero-order chi connectivity index (χ0) is 12.8. The molecule has 0 fully saturated rings. The van der Waals surface area contributed by atoms with Crippen LogP contribution in [0.25, 0.3) is 0 Å². The van der Waals surface area contributed by atoms with Crippen LogP contribution in [0.4, 0.5) is 5.82 Å². The number of pyridine rings is 1. The van der Waals surface area contributed by atoms with Crippen LogP contribution in [-0.4, -0.2) is 37.7 Å². The zero-order valence-electron chi connectivity index (χ0n) is 10.7. The second kappa shape index (κ2) is 6.20. The first-order chi connectivity index (χ1) is 8.06. The Morgan fingerprint density at radius 3 is 2.82 bits per heavy atom. The maximum Gasteiger partial charge on any atom is 0.251 e. The molecule has 0 saturated carbocycles. The third-order valence-corrected chi connectivity index (χ3v) is 2.27. The Morgan fingerprint density at radius 2 is 2.24 bits per heavy atom. The van der Waals surface area contributed by atoms with Gasteiger partial charge in [0.1, 0.15) is 5.82 Å². The summed E-state index contributed by atoms with van der Waals surface area (Å²) >= 11 is 0. The molecule has 0 aliphatic carbocycles. The number of methoxy groups -OCH3 is 1. The van der Waals surface area contributed by atoms with Gasteiger partial charge in [0.15, 0.2) is 0 Å². The minimum atomic E-state index is -0.114. The molecular formula is C12H19N3O2. The van der Waals surface area contributed by atoms with Crippen molar-refractivity contribution in [2.75, 3.05) is 26.1 Å². The number of aryl methyl sites for hydroxylation is 1. The maximum absolute atomic E-state index is 11.9. The third-order valence-electron chi connectivity index (χ3n) is 2.27. The summed E-state index contributed by atoms with van der Waals surface area (Å²) in [6.07, 6.45) is 0. The Morgan fingerprint density at radius 1 is 1.53 bits per heavy atom. The van der Waals surface area contributed by atoms with E-state index < -0.39 is 0 Å². The SMILES string of the molecule is CNc1cc(C(=O)NC(C)COC)cc(C)n1. The lowest BCUT2D eigenvalue weighted by molar-refractivity contribution is 0.0905. The highest BCUT2D eigenvalue weighted by Gasteiger charge is 2.11. The van der Waals surface area contributed by atoms with Crippen molar-refractivity contribution in [1.82, 2.24) is 10.3 Å². The van der Waals surface area contributed by atoms with Gasteiger partial charge < -0.3 is 15.4 Å². The summed E-state index contributed by atoms with van der Waals surface area (Å²) in [7, 11) is 3.38. The summed E-state index contributed by atoms with van der Waals surface area (Å²) in [6.45, 7) is 4.25. The lowest BCUT2D eigenvalue weighted by atomic mass is 10.2. The summed E-state index contributed by atoms with van der Waals surface area (Å²) in [5.41, 5.74) is 1.41. The molecule has 2 N–H and O–H groups in total. The Bertz CT molecular complexity index is 393. The number of nitrogens with zero attached hydrogens (tertiary/aromatic N) is 1. The third kappa shape index (κ3) is 4.03. The molecule has 1 atom stereocenters. The summed E-state index contributed by atoms with van der Waals surface area (Å²) in [4.78, 5) is 16.2. The van der Waals surface area contributed by atoms with Gasteiger partial charge in [0.25, 0.3) is 5.91 Å². The molecule has 0 saturated heterocycles. The van der Waals surface area contributed by atoms with Gasteiger partial charge in [-0.3, -0.25) is 4.79 Å². The second-order valence-corrected chi connectivity index (χ2v) is 3.96. The monoisotopic (exact) mass is 237 g/mol. The fraction of sp³-hybridized carbons (Fsp3) is 0.500. The normalized spacial score (nSPS) is 12.0. The van der Waals surface area contributed by atoms with Crippen LogP contribution in [0.5, 0.6) is 0 Å². The highest BCUT2D eigenvalue weighted by Crippen LogP contribution is 2.09. The van der Waals surface area contributed by atoms with E-state index in [1.54, 1.807) is 26.3 Å². The van der Waals surface area contributed by atoms with E-state index >= 15 is 0 Å². The highest BCUT2D eigenvalue weighted by atomic mass is 16.5. The van der Waals surface area contributed by atoms with Gasteiger partial charge in [-0.25, -0.2) is 4.98 Å². The minimum Gasteiger partial charge on any atom is -0.383 e. The molecular weight excluding hydrogens is 218 g/mol. The highest BCUT2D eigenvalue weighted by molar-refractivity contribution is 5.95. The molecule has 5 nitrogen and oxygen atoms in total. The van der Waals surface area contributed by atoms with Crippen molar-refractivity contribution < 1.29 is 9.53 Å². The average Bonchev–Trinajstić information content (AvgIpc) is 2.28. The molecule has 0 aromatic carbocycles. The largest absolute Gasteiger partial charge is 0.383 e. The van der Waals surface area contributed by atoms with E-state index in [-0.39, 0.29) is 11.9 Å². The quantitative estimate of drug-likeness (QED) is 0.807. The smallest absolute Gasteiger partial charge is 0.251 e. The van der Waals surface area contributed by atoms with Gasteiger partial charge in [-0.05, 0) is 26.0 Å². The molecule has 0 bridgehead atoms. The number of rotatable bonds is 5. The minimum absolute atomic E-state index is 0.0148. The van der Waals surface area contributed by atoms with Crippen LogP contribution in [0.2, 0.25) is 0 Å². The van der Waals surface area contributed by atoms with Crippen LogP contribution in [0.1, 0.15) is 23.0 Å². The van der Waals surface area contributed by atoms with E-state index in [4.69, 9.17) is 4.74 Å². The topological polar surface area (TPSA) is 63.2 Å². The van der Waals surface area contributed by atoms with Gasteiger partial charge in [-0.15, -0.1) is 0 Å². The number of hydrogen-bond donors (Lipinski definition) is 2. The summed E-state index contributed by atoms with van der Waals surface area (Å²) in [6, 6.07) is 3.47. The number of hydrogen-bond acceptors (Lipinski definition) is 4. The van der Waals surface area contributed by atoms with Crippen molar-refractivity contribution in [3.8, 4) is 0 Å². The maximum atomic E-state index is 11.9. The Hall–Kier alpha value is -1.62. The van der Waals surface area contributed by atoms with Crippen molar-refractivity contribution in [1.29, 1.82) is 0 Å². The first kappa shape index (κ1) is 13.4. The molecule has 1 heterocycles. The standard InChI is InChI=1S/C12H19N3O2/c1-8-5-10(6-11(13-3)14-8)12(16)15-9(2)7-17-4/h5-6,9H,7H2,1-4H3,(H,13,14)(H,15,16). The molecule has 5 heteroatoms. The Labute approximate surface area is 102 Å². The molecule has 94 valence electrons. The van der Waals surface area contributed by atoms with Crippen LogP contribution in [0, 0.1) is 6.92 Å². The van der Waals surface area contributed by atoms with Crippen LogP contribution in [0.3, 0.4) is 0 Å². The molecule has 17 heavy (non-hydrogen) atoms. The van der Waals surface area contributed by atoms with Crippen LogP contribution in [0.15, 0.2) is 12.1 Å². The lowest BCUT2D eigenvalue weighted by Gasteiger charge is -2.13. The van der Waals surface area contributed by atoms with Gasteiger partial charge in [0, 0.05) is 31.5 Å². The van der Waals surface area contributed by atoms with Crippen LogP contribution in [-0.2, 0) is 4.74 Å². The molecule has 0 aliphatic rings. The van der Waals surface area contributed by atoms with E-state index in [0.29, 0.717) is 18.0 Å². The zero-order valence-corrected chi connectivity index (χ0v) is 10.7. The number of aromatic nitrogens is 1. The number of carbonyl (C=O) groups excluding carboxylic acids is 1. The van der Waals surface area contributed by atoms with Gasteiger partial charge in [-0.1, -0.05) is 0 Å². The predicted octanol–water partition coefficient (Wildman–Crippen LogP) is 1.20. The first-order valence-electron chi connectivity index (χ1n) is 5.53. The van der Waals surface area contributed by atoms with Gasteiger partial charge >= 0.3 is 0 Å². The fourth-order valence-electron chi connectivity index (χ4n) is 1.53. The average molecular weight is 237 g/mol. The summed E-state index contributed by atoms with van der Waals surface area (Å²) in [5, 5.41) is 5.78. The number of ether oxygens (including phenoxy) is 1. The van der Waals surface area contributed by atoms with E-state index in [9.17, 15) is 4.79 Å². The fourth-order valence-corrected chi connectivity index (χ4v) is 1.53.